The predicted octanol–water partition coefficient (Wildman–Crippen LogP) is 0.413. The predicted molar refractivity (Wildman–Crippen MR) is 78.8 cm³/mol. The highest BCUT2D eigenvalue weighted by Gasteiger charge is 2.15. The molecule has 0 aliphatic heterocycles. The van der Waals surface area contributed by atoms with Crippen molar-refractivity contribution in [3.05, 3.63) is 17.7 Å². The van der Waals surface area contributed by atoms with Crippen LogP contribution in [0.3, 0.4) is 0 Å². The second kappa shape index (κ2) is 8.33. The molecule has 7 nitrogen and oxygen atoms in total. The van der Waals surface area contributed by atoms with E-state index in [0.717, 1.165) is 0 Å². The van der Waals surface area contributed by atoms with Crippen molar-refractivity contribution in [1.29, 1.82) is 0 Å². The summed E-state index contributed by atoms with van der Waals surface area (Å²) >= 11 is 0. The number of methoxy groups -OCH3 is 3. The van der Waals surface area contributed by atoms with Crippen molar-refractivity contribution >= 4 is 11.6 Å². The zero-order valence-electron chi connectivity index (χ0n) is 12.5. The van der Waals surface area contributed by atoms with Crippen LogP contribution in [0.15, 0.2) is 12.1 Å². The summed E-state index contributed by atoms with van der Waals surface area (Å²) in [7, 11) is 4.48. The molecule has 0 fully saturated rings. The van der Waals surface area contributed by atoms with Gasteiger partial charge in [-0.15, -0.1) is 0 Å². The molecular weight excluding hydrogens is 276 g/mol. The molecule has 7 heteroatoms. The highest BCUT2D eigenvalue weighted by Crippen LogP contribution is 2.31. The average Bonchev–Trinajstić information content (AvgIpc) is 2.46. The number of anilines is 1. The lowest BCUT2D eigenvalue weighted by Gasteiger charge is -2.13. The fourth-order valence-electron chi connectivity index (χ4n) is 1.81. The topological polar surface area (TPSA) is 103 Å². The number of amides is 1. The third-order valence-electron chi connectivity index (χ3n) is 2.92. The van der Waals surface area contributed by atoms with Crippen LogP contribution in [0.4, 0.5) is 5.69 Å². The van der Waals surface area contributed by atoms with Crippen LogP contribution in [-0.4, -0.2) is 51.6 Å². The van der Waals surface area contributed by atoms with Gasteiger partial charge in [0.25, 0.3) is 5.91 Å². The molecule has 0 heterocycles. The summed E-state index contributed by atoms with van der Waals surface area (Å²) in [4.78, 5) is 12.1. The van der Waals surface area contributed by atoms with Crippen LogP contribution in [0.1, 0.15) is 16.8 Å². The minimum atomic E-state index is -0.613. The van der Waals surface area contributed by atoms with Gasteiger partial charge in [0.2, 0.25) is 0 Å². The molecular formula is C14H22N2O5. The van der Waals surface area contributed by atoms with Crippen molar-refractivity contribution in [3.8, 4) is 11.5 Å². The summed E-state index contributed by atoms with van der Waals surface area (Å²) in [5, 5.41) is 12.2. The van der Waals surface area contributed by atoms with Crippen LogP contribution in [0.5, 0.6) is 11.5 Å². The van der Waals surface area contributed by atoms with Crippen LogP contribution in [0, 0.1) is 0 Å². The van der Waals surface area contributed by atoms with Gasteiger partial charge in [-0.2, -0.15) is 0 Å². The molecule has 0 aromatic heterocycles. The number of aliphatic hydroxyl groups is 1. The minimum Gasteiger partial charge on any atom is -0.493 e. The number of carbonyl (C=O) groups is 1. The Kier molecular flexibility index (Phi) is 6.77. The van der Waals surface area contributed by atoms with Crippen LogP contribution in [0.25, 0.3) is 0 Å². The smallest absolute Gasteiger partial charge is 0.253 e. The van der Waals surface area contributed by atoms with Gasteiger partial charge >= 0.3 is 0 Å². The van der Waals surface area contributed by atoms with Gasteiger partial charge in [-0.1, -0.05) is 0 Å². The largest absolute Gasteiger partial charge is 0.493 e. The van der Waals surface area contributed by atoms with Crippen molar-refractivity contribution < 1.29 is 24.1 Å². The van der Waals surface area contributed by atoms with Crippen molar-refractivity contribution in [2.24, 2.45) is 0 Å². The maximum Gasteiger partial charge on any atom is 0.253 e. The van der Waals surface area contributed by atoms with Crippen LogP contribution >= 0.6 is 0 Å². The van der Waals surface area contributed by atoms with E-state index in [0.29, 0.717) is 35.7 Å². The molecule has 0 saturated carbocycles. The van der Waals surface area contributed by atoms with Gasteiger partial charge in [-0.3, -0.25) is 4.79 Å². The number of hydrogen-bond acceptors (Lipinski definition) is 6. The lowest BCUT2D eigenvalue weighted by molar-refractivity contribution is 0.0588. The monoisotopic (exact) mass is 298 g/mol. The molecule has 0 saturated heterocycles. The number of nitrogen functional groups attached to an aromatic ring is 1. The number of carbonyl (C=O) groups excluding carboxylic acids is 1. The van der Waals surface area contributed by atoms with Crippen molar-refractivity contribution in [1.82, 2.24) is 5.32 Å². The van der Waals surface area contributed by atoms with E-state index < -0.39 is 6.10 Å². The maximum absolute atomic E-state index is 12.1. The number of nitrogens with one attached hydrogen (secondary N) is 1. The molecule has 0 bridgehead atoms. The second-order valence-corrected chi connectivity index (χ2v) is 4.45. The highest BCUT2D eigenvalue weighted by atomic mass is 16.5. The highest BCUT2D eigenvalue weighted by molar-refractivity contribution is 6.00. The number of rotatable bonds is 8. The maximum atomic E-state index is 12.1. The second-order valence-electron chi connectivity index (χ2n) is 4.45. The molecule has 1 aromatic carbocycles. The number of hydrogen-bond donors (Lipinski definition) is 3. The fraction of sp³-hybridized carbons (Fsp3) is 0.500. The summed E-state index contributed by atoms with van der Waals surface area (Å²) in [6.07, 6.45) is -0.217. The first-order valence-corrected chi connectivity index (χ1v) is 6.50. The van der Waals surface area contributed by atoms with Crippen molar-refractivity contribution in [2.75, 3.05) is 40.2 Å². The molecule has 118 valence electrons. The molecule has 0 aliphatic carbocycles. The van der Waals surface area contributed by atoms with E-state index >= 15 is 0 Å². The molecule has 21 heavy (non-hydrogen) atoms. The average molecular weight is 298 g/mol. The van der Waals surface area contributed by atoms with E-state index in [1.54, 1.807) is 0 Å². The Hall–Kier alpha value is -1.99. The first-order chi connectivity index (χ1) is 10.0. The first kappa shape index (κ1) is 17.1. The Morgan fingerprint density at radius 2 is 1.90 bits per heavy atom. The van der Waals surface area contributed by atoms with E-state index in [-0.39, 0.29) is 12.5 Å². The molecule has 0 radical (unpaired) electrons. The van der Waals surface area contributed by atoms with Gasteiger partial charge in [0.15, 0.2) is 11.5 Å². The SMILES string of the molecule is COCC(O)CCNC(=O)c1cc(OC)c(OC)cc1N. The molecule has 0 aliphatic rings. The third-order valence-corrected chi connectivity index (χ3v) is 2.92. The number of aliphatic hydroxyl groups excluding tert-OH is 1. The normalized spacial score (nSPS) is 11.8. The standard InChI is InChI=1S/C14H22N2O5/c1-19-8-9(17)4-5-16-14(18)10-6-12(20-2)13(21-3)7-11(10)15/h6-7,9,17H,4-5,8,15H2,1-3H3,(H,16,18). The molecule has 1 amide bonds. The number of nitrogens with two attached hydrogens (primary N) is 1. The summed E-state index contributed by atoms with van der Waals surface area (Å²) in [5.41, 5.74) is 6.43. The number of ether oxygens (including phenoxy) is 3. The number of benzene rings is 1. The Morgan fingerprint density at radius 3 is 2.48 bits per heavy atom. The van der Waals surface area contributed by atoms with Gasteiger partial charge in [0.1, 0.15) is 0 Å². The minimum absolute atomic E-state index is 0.231. The fourth-order valence-corrected chi connectivity index (χ4v) is 1.81. The van der Waals surface area contributed by atoms with Gasteiger partial charge < -0.3 is 30.4 Å². The Morgan fingerprint density at radius 1 is 1.29 bits per heavy atom. The van der Waals surface area contributed by atoms with E-state index in [1.807, 2.05) is 0 Å². The molecule has 4 N–H and O–H groups in total. The Balaban J connectivity index is 2.70. The van der Waals surface area contributed by atoms with Crippen molar-refractivity contribution in [2.45, 2.75) is 12.5 Å². The van der Waals surface area contributed by atoms with Gasteiger partial charge in [-0.25, -0.2) is 0 Å². The van der Waals surface area contributed by atoms with E-state index in [4.69, 9.17) is 19.9 Å². The van der Waals surface area contributed by atoms with Crippen molar-refractivity contribution in [3.63, 3.8) is 0 Å². The third kappa shape index (κ3) is 4.80. The first-order valence-electron chi connectivity index (χ1n) is 6.50. The molecule has 0 spiro atoms. The zero-order chi connectivity index (χ0) is 15.8. The van der Waals surface area contributed by atoms with E-state index in [9.17, 15) is 9.90 Å². The van der Waals surface area contributed by atoms with E-state index in [1.165, 1.54) is 33.5 Å². The van der Waals surface area contributed by atoms with Crippen LogP contribution < -0.4 is 20.5 Å². The summed E-state index contributed by atoms with van der Waals surface area (Å²) in [5.74, 6) is 0.552. The zero-order valence-corrected chi connectivity index (χ0v) is 12.5. The molecule has 1 rings (SSSR count). The molecule has 1 atom stereocenters. The lowest BCUT2D eigenvalue weighted by atomic mass is 10.1. The summed E-state index contributed by atoms with van der Waals surface area (Å²) in [6, 6.07) is 3.06. The quantitative estimate of drug-likeness (QED) is 0.601. The lowest BCUT2D eigenvalue weighted by Crippen LogP contribution is -2.29. The van der Waals surface area contributed by atoms with Gasteiger partial charge in [0, 0.05) is 25.4 Å². The molecule has 1 unspecified atom stereocenters. The Labute approximate surface area is 124 Å². The van der Waals surface area contributed by atoms with Gasteiger partial charge in [0.05, 0.1) is 32.5 Å². The van der Waals surface area contributed by atoms with Crippen LogP contribution in [-0.2, 0) is 4.74 Å². The van der Waals surface area contributed by atoms with E-state index in [2.05, 4.69) is 5.32 Å². The van der Waals surface area contributed by atoms with Gasteiger partial charge in [-0.05, 0) is 12.5 Å². The molecule has 1 aromatic rings. The van der Waals surface area contributed by atoms with Crippen LogP contribution in [0.2, 0.25) is 0 Å². The summed E-state index contributed by atoms with van der Waals surface area (Å²) in [6.45, 7) is 0.547. The Bertz CT molecular complexity index is 479. The summed E-state index contributed by atoms with van der Waals surface area (Å²) < 4.78 is 15.1.